The molecule has 1 saturated heterocycles. The van der Waals surface area contributed by atoms with Crippen molar-refractivity contribution in [3.8, 4) is 0 Å². The molecule has 0 amide bonds. The number of ether oxygens (including phenoxy) is 1. The number of aliphatic hydroxyl groups is 2. The van der Waals surface area contributed by atoms with Gasteiger partial charge in [-0.15, -0.1) is 0 Å². The standard InChI is InChI=1S/C14H18N8O3/c1-7(2)3-4-14(20-21-16)10(24)9(23)13(25-14)22-6-19-8-11(15)17-5-18-12(8)22/h3-7,9-10,13,23-24H,1-2H3,(H2,15,17,18)/b4-3+/t9-,10+,13-,14-/m1/s1. The predicted octanol–water partition coefficient (Wildman–Crippen LogP) is 0.878. The highest BCUT2D eigenvalue weighted by atomic mass is 16.6. The molecule has 11 heteroatoms. The van der Waals surface area contributed by atoms with E-state index in [2.05, 4.69) is 25.0 Å². The molecule has 4 atom stereocenters. The number of hydrogen-bond donors (Lipinski definition) is 3. The molecule has 1 aliphatic heterocycles. The summed E-state index contributed by atoms with van der Waals surface area (Å²) >= 11 is 0. The van der Waals surface area contributed by atoms with Gasteiger partial charge in [0, 0.05) is 4.91 Å². The molecule has 4 N–H and O–H groups in total. The summed E-state index contributed by atoms with van der Waals surface area (Å²) in [5.41, 5.74) is 13.6. The average Bonchev–Trinajstić information content (AvgIpc) is 3.10. The van der Waals surface area contributed by atoms with Crippen LogP contribution in [0.5, 0.6) is 0 Å². The maximum Gasteiger partial charge on any atom is 0.196 e. The lowest BCUT2D eigenvalue weighted by Crippen LogP contribution is -2.39. The van der Waals surface area contributed by atoms with Crippen LogP contribution in [0.1, 0.15) is 20.1 Å². The fourth-order valence-corrected chi connectivity index (χ4v) is 2.67. The Morgan fingerprint density at radius 2 is 2.20 bits per heavy atom. The molecule has 3 heterocycles. The fraction of sp³-hybridized carbons (Fsp3) is 0.500. The Hall–Kier alpha value is -2.72. The first-order valence-corrected chi connectivity index (χ1v) is 7.62. The van der Waals surface area contributed by atoms with Crippen molar-refractivity contribution in [2.24, 2.45) is 11.0 Å². The Morgan fingerprint density at radius 3 is 2.88 bits per heavy atom. The van der Waals surface area contributed by atoms with Gasteiger partial charge in [-0.1, -0.05) is 25.0 Å². The summed E-state index contributed by atoms with van der Waals surface area (Å²) in [6.07, 6.45) is 1.88. The first-order valence-electron chi connectivity index (χ1n) is 7.62. The molecule has 0 saturated carbocycles. The molecule has 2 aromatic heterocycles. The van der Waals surface area contributed by atoms with Crippen LogP contribution < -0.4 is 5.73 Å². The van der Waals surface area contributed by atoms with Crippen LogP contribution in [0.3, 0.4) is 0 Å². The number of aliphatic hydroxyl groups excluding tert-OH is 2. The molecule has 25 heavy (non-hydrogen) atoms. The molecule has 2 aromatic rings. The number of fused-ring (bicyclic) bond motifs is 1. The Morgan fingerprint density at radius 1 is 1.44 bits per heavy atom. The van der Waals surface area contributed by atoms with Gasteiger partial charge >= 0.3 is 0 Å². The molecule has 1 fully saturated rings. The number of anilines is 1. The molecule has 0 aliphatic carbocycles. The zero-order valence-electron chi connectivity index (χ0n) is 13.6. The van der Waals surface area contributed by atoms with Gasteiger partial charge < -0.3 is 20.7 Å². The second-order valence-corrected chi connectivity index (χ2v) is 6.07. The van der Waals surface area contributed by atoms with Crippen molar-refractivity contribution in [2.45, 2.75) is 38.0 Å². The zero-order valence-corrected chi connectivity index (χ0v) is 13.6. The van der Waals surface area contributed by atoms with E-state index in [4.69, 9.17) is 16.0 Å². The van der Waals surface area contributed by atoms with Crippen LogP contribution in [-0.2, 0) is 4.74 Å². The Balaban J connectivity index is 2.06. The summed E-state index contributed by atoms with van der Waals surface area (Å²) < 4.78 is 7.19. The van der Waals surface area contributed by atoms with E-state index in [1.54, 1.807) is 6.08 Å². The highest BCUT2D eigenvalue weighted by Crippen LogP contribution is 2.40. The van der Waals surface area contributed by atoms with Crippen molar-refractivity contribution in [2.75, 3.05) is 5.73 Å². The average molecular weight is 346 g/mol. The maximum absolute atomic E-state index is 10.5. The summed E-state index contributed by atoms with van der Waals surface area (Å²) in [7, 11) is 0. The lowest BCUT2D eigenvalue weighted by atomic mass is 10.0. The molecule has 0 spiro atoms. The molecule has 1 aliphatic rings. The van der Waals surface area contributed by atoms with Crippen LogP contribution >= 0.6 is 0 Å². The third-order valence-electron chi connectivity index (χ3n) is 3.93. The molecule has 0 bridgehead atoms. The van der Waals surface area contributed by atoms with E-state index >= 15 is 0 Å². The molecular weight excluding hydrogens is 328 g/mol. The van der Waals surface area contributed by atoms with Gasteiger partial charge in [0.25, 0.3) is 0 Å². The topological polar surface area (TPSA) is 168 Å². The zero-order chi connectivity index (χ0) is 18.2. The van der Waals surface area contributed by atoms with Crippen molar-refractivity contribution in [1.82, 2.24) is 19.5 Å². The van der Waals surface area contributed by atoms with Gasteiger partial charge in [0.15, 0.2) is 23.4 Å². The van der Waals surface area contributed by atoms with Gasteiger partial charge in [0.05, 0.1) is 6.33 Å². The largest absolute Gasteiger partial charge is 0.387 e. The number of nitrogens with two attached hydrogens (primary N) is 1. The number of allylic oxidation sites excluding steroid dienone is 1. The van der Waals surface area contributed by atoms with E-state index in [1.807, 2.05) is 13.8 Å². The van der Waals surface area contributed by atoms with Crippen LogP contribution in [-0.4, -0.2) is 47.7 Å². The summed E-state index contributed by atoms with van der Waals surface area (Å²) in [5.74, 6) is 0.303. The second-order valence-electron chi connectivity index (χ2n) is 6.07. The number of aromatic nitrogens is 4. The van der Waals surface area contributed by atoms with Gasteiger partial charge in [-0.05, 0) is 17.5 Å². The maximum atomic E-state index is 10.5. The minimum Gasteiger partial charge on any atom is -0.387 e. The Kier molecular flexibility index (Phi) is 4.31. The molecule has 3 rings (SSSR count). The minimum atomic E-state index is -1.74. The first-order chi connectivity index (χ1) is 11.9. The van der Waals surface area contributed by atoms with Crippen molar-refractivity contribution < 1.29 is 14.9 Å². The van der Waals surface area contributed by atoms with Crippen LogP contribution in [0.25, 0.3) is 21.6 Å². The molecule has 0 radical (unpaired) electrons. The SMILES string of the molecule is CC(C)/C=C/[C@@]1(N=[N+]=[N-])O[C@@H](n2cnc3c(N)ncnc32)[C@H](O)[C@@H]1O. The molecule has 0 aromatic carbocycles. The van der Waals surface area contributed by atoms with E-state index in [0.29, 0.717) is 11.2 Å². The van der Waals surface area contributed by atoms with Gasteiger partial charge in [0.1, 0.15) is 24.1 Å². The van der Waals surface area contributed by atoms with Crippen molar-refractivity contribution in [1.29, 1.82) is 0 Å². The summed E-state index contributed by atoms with van der Waals surface area (Å²) in [6, 6.07) is 0. The monoisotopic (exact) mass is 346 g/mol. The highest BCUT2D eigenvalue weighted by molar-refractivity contribution is 5.81. The smallest absolute Gasteiger partial charge is 0.196 e. The van der Waals surface area contributed by atoms with Gasteiger partial charge in [-0.3, -0.25) is 4.57 Å². The van der Waals surface area contributed by atoms with E-state index < -0.39 is 24.2 Å². The lowest BCUT2D eigenvalue weighted by Gasteiger charge is -2.23. The Labute approximate surface area is 142 Å². The number of rotatable bonds is 4. The normalized spacial score (nSPS) is 29.6. The summed E-state index contributed by atoms with van der Waals surface area (Å²) in [5, 5.41) is 24.5. The van der Waals surface area contributed by atoms with E-state index in [-0.39, 0.29) is 11.7 Å². The fourth-order valence-electron chi connectivity index (χ4n) is 2.67. The Bertz CT molecular complexity index is 859. The van der Waals surface area contributed by atoms with Crippen molar-refractivity contribution in [3.63, 3.8) is 0 Å². The molecular formula is C14H18N8O3. The predicted molar refractivity (Wildman–Crippen MR) is 87.7 cm³/mol. The number of nitrogen functional groups attached to an aromatic ring is 1. The van der Waals surface area contributed by atoms with Crippen molar-refractivity contribution >= 4 is 17.0 Å². The number of imidazole rings is 1. The quantitative estimate of drug-likeness (QED) is 0.319. The summed E-state index contributed by atoms with van der Waals surface area (Å²) in [6.45, 7) is 3.83. The van der Waals surface area contributed by atoms with Gasteiger partial charge in [0.2, 0.25) is 0 Å². The van der Waals surface area contributed by atoms with Crippen LogP contribution in [0.4, 0.5) is 5.82 Å². The van der Waals surface area contributed by atoms with Gasteiger partial charge in [-0.2, -0.15) is 0 Å². The minimum absolute atomic E-state index is 0.124. The molecule has 132 valence electrons. The van der Waals surface area contributed by atoms with E-state index in [9.17, 15) is 10.2 Å². The molecule has 11 nitrogen and oxygen atoms in total. The third-order valence-corrected chi connectivity index (χ3v) is 3.93. The van der Waals surface area contributed by atoms with E-state index in [0.717, 1.165) is 0 Å². The van der Waals surface area contributed by atoms with Crippen LogP contribution in [0, 0.1) is 5.92 Å². The number of azide groups is 1. The van der Waals surface area contributed by atoms with Crippen molar-refractivity contribution in [3.05, 3.63) is 35.2 Å². The van der Waals surface area contributed by atoms with Gasteiger partial charge in [-0.25, -0.2) is 15.0 Å². The first kappa shape index (κ1) is 17.1. The lowest BCUT2D eigenvalue weighted by molar-refractivity contribution is -0.0698. The second kappa shape index (κ2) is 6.30. The molecule has 0 unspecified atom stereocenters. The van der Waals surface area contributed by atoms with E-state index in [1.165, 1.54) is 23.3 Å². The van der Waals surface area contributed by atoms with Crippen LogP contribution in [0.2, 0.25) is 0 Å². The van der Waals surface area contributed by atoms with Crippen LogP contribution in [0.15, 0.2) is 29.9 Å². The third kappa shape index (κ3) is 2.79. The number of hydrogen-bond acceptors (Lipinski definition) is 8. The summed E-state index contributed by atoms with van der Waals surface area (Å²) in [4.78, 5) is 14.8. The highest BCUT2D eigenvalue weighted by Gasteiger charge is 2.53. The number of nitrogens with zero attached hydrogens (tertiary/aromatic N) is 7.